The second kappa shape index (κ2) is 5.64. The Hall–Kier alpha value is -1.86. The third kappa shape index (κ3) is 3.82. The molecule has 0 aliphatic carbocycles. The molecule has 1 aromatic heterocycles. The number of hydrogen-bond donors (Lipinski definition) is 2. The number of nitrogens with two attached hydrogens (primary N) is 1. The van der Waals surface area contributed by atoms with Crippen LogP contribution in [0.4, 0.5) is 5.69 Å². The van der Waals surface area contributed by atoms with Crippen molar-refractivity contribution in [3.63, 3.8) is 0 Å². The number of aryl methyl sites for hydroxylation is 1. The molecule has 0 aliphatic heterocycles. The van der Waals surface area contributed by atoms with Crippen molar-refractivity contribution in [1.29, 1.82) is 0 Å². The molecule has 1 unspecified atom stereocenters. The summed E-state index contributed by atoms with van der Waals surface area (Å²) >= 11 is 0. The third-order valence-corrected chi connectivity index (χ3v) is 3.95. The molecule has 0 fully saturated rings. The topological polar surface area (TPSA) is 98.2 Å². The lowest BCUT2D eigenvalue weighted by Gasteiger charge is -2.09. The fourth-order valence-electron chi connectivity index (χ4n) is 1.75. The number of nitrogens with one attached hydrogen (secondary N) is 1. The van der Waals surface area contributed by atoms with Crippen molar-refractivity contribution in [3.8, 4) is 0 Å². The van der Waals surface area contributed by atoms with Crippen LogP contribution in [0.5, 0.6) is 0 Å². The number of benzene rings is 1. The number of aromatic nitrogens is 1. The lowest BCUT2D eigenvalue weighted by atomic mass is 10.1. The predicted octanol–water partition coefficient (Wildman–Crippen LogP) is 1.94. The van der Waals surface area contributed by atoms with Gasteiger partial charge in [-0.25, -0.2) is 8.42 Å². The summed E-state index contributed by atoms with van der Waals surface area (Å²) < 4.78 is 31.3. The van der Waals surface area contributed by atoms with Crippen molar-refractivity contribution < 1.29 is 12.9 Å². The van der Waals surface area contributed by atoms with E-state index in [0.29, 0.717) is 17.1 Å². The van der Waals surface area contributed by atoms with Crippen molar-refractivity contribution >= 4 is 15.7 Å². The van der Waals surface area contributed by atoms with Crippen LogP contribution in [0.25, 0.3) is 0 Å². The van der Waals surface area contributed by atoms with Crippen LogP contribution in [0.2, 0.25) is 0 Å². The fraction of sp³-hybridized carbons (Fsp3) is 0.308. The lowest BCUT2D eigenvalue weighted by Crippen LogP contribution is -2.15. The van der Waals surface area contributed by atoms with E-state index in [1.54, 1.807) is 37.3 Å². The second-order valence-electron chi connectivity index (χ2n) is 4.70. The van der Waals surface area contributed by atoms with E-state index in [-0.39, 0.29) is 11.8 Å². The molecule has 108 valence electrons. The fourth-order valence-corrected chi connectivity index (χ4v) is 2.84. The molecular formula is C13H17N3O3S. The van der Waals surface area contributed by atoms with Crippen LogP contribution < -0.4 is 10.5 Å². The molecule has 6 nitrogen and oxygen atoms in total. The van der Waals surface area contributed by atoms with E-state index in [2.05, 4.69) is 9.88 Å². The van der Waals surface area contributed by atoms with Crippen LogP contribution in [-0.4, -0.2) is 13.6 Å². The van der Waals surface area contributed by atoms with Gasteiger partial charge < -0.3 is 10.3 Å². The van der Waals surface area contributed by atoms with E-state index >= 15 is 0 Å². The number of sulfonamides is 1. The molecule has 0 bridgehead atoms. The highest BCUT2D eigenvalue weighted by molar-refractivity contribution is 7.91. The summed E-state index contributed by atoms with van der Waals surface area (Å²) in [5.74, 6) is 0.357. The number of rotatable bonds is 5. The van der Waals surface area contributed by atoms with Crippen molar-refractivity contribution in [2.24, 2.45) is 5.73 Å². The van der Waals surface area contributed by atoms with Gasteiger partial charge >= 0.3 is 0 Å². The minimum atomic E-state index is -3.51. The maximum absolute atomic E-state index is 12.0. The molecule has 0 aliphatic rings. The first-order valence-corrected chi connectivity index (χ1v) is 7.79. The molecule has 7 heteroatoms. The van der Waals surface area contributed by atoms with Gasteiger partial charge in [-0.3, -0.25) is 4.72 Å². The highest BCUT2D eigenvalue weighted by atomic mass is 32.2. The highest BCUT2D eigenvalue weighted by Crippen LogP contribution is 2.16. The van der Waals surface area contributed by atoms with Gasteiger partial charge in [-0.15, -0.1) is 0 Å². The Morgan fingerprint density at radius 3 is 2.50 bits per heavy atom. The quantitative estimate of drug-likeness (QED) is 0.878. The zero-order valence-electron chi connectivity index (χ0n) is 11.3. The average molecular weight is 295 g/mol. The summed E-state index contributed by atoms with van der Waals surface area (Å²) in [6.45, 7) is 3.58. The average Bonchev–Trinajstić information content (AvgIpc) is 2.73. The Bertz CT molecular complexity index is 675. The summed E-state index contributed by atoms with van der Waals surface area (Å²) in [6, 6.07) is 8.47. The van der Waals surface area contributed by atoms with E-state index in [0.717, 1.165) is 5.56 Å². The van der Waals surface area contributed by atoms with Crippen LogP contribution >= 0.6 is 0 Å². The SMILES string of the molecule is Cc1cc(CS(=O)(=O)Nc2ccc(C(C)N)cc2)no1. The molecule has 0 saturated carbocycles. The van der Waals surface area contributed by atoms with Gasteiger partial charge in [0.25, 0.3) is 0 Å². The van der Waals surface area contributed by atoms with E-state index in [4.69, 9.17) is 10.3 Å². The molecule has 0 radical (unpaired) electrons. The van der Waals surface area contributed by atoms with Gasteiger partial charge in [0, 0.05) is 17.8 Å². The number of nitrogens with zero attached hydrogens (tertiary/aromatic N) is 1. The zero-order chi connectivity index (χ0) is 14.8. The van der Waals surface area contributed by atoms with Crippen LogP contribution in [0, 0.1) is 6.92 Å². The molecular weight excluding hydrogens is 278 g/mol. The molecule has 1 heterocycles. The monoisotopic (exact) mass is 295 g/mol. The summed E-state index contributed by atoms with van der Waals surface area (Å²) in [4.78, 5) is 0. The first-order chi connectivity index (χ1) is 9.35. The van der Waals surface area contributed by atoms with E-state index < -0.39 is 10.0 Å². The smallest absolute Gasteiger partial charge is 0.238 e. The summed E-state index contributed by atoms with van der Waals surface area (Å²) in [6.07, 6.45) is 0. The number of hydrogen-bond acceptors (Lipinski definition) is 5. The minimum absolute atomic E-state index is 0.0845. The Labute approximate surface area is 118 Å². The Balaban J connectivity index is 2.08. The molecule has 2 rings (SSSR count). The molecule has 0 saturated heterocycles. The predicted molar refractivity (Wildman–Crippen MR) is 76.5 cm³/mol. The molecule has 2 aromatic rings. The van der Waals surface area contributed by atoms with E-state index in [1.807, 2.05) is 6.92 Å². The first-order valence-electron chi connectivity index (χ1n) is 6.14. The lowest BCUT2D eigenvalue weighted by molar-refractivity contribution is 0.392. The molecule has 0 spiro atoms. The van der Waals surface area contributed by atoms with Crippen LogP contribution in [0.15, 0.2) is 34.9 Å². The zero-order valence-corrected chi connectivity index (χ0v) is 12.1. The van der Waals surface area contributed by atoms with Gasteiger partial charge in [0.2, 0.25) is 10.0 Å². The minimum Gasteiger partial charge on any atom is -0.361 e. The standard InChI is InChI=1S/C13H17N3O3S/c1-9-7-13(15-19-9)8-20(17,18)16-12-5-3-11(4-6-12)10(2)14/h3-7,10,16H,8,14H2,1-2H3. The van der Waals surface area contributed by atoms with Crippen molar-refractivity contribution in [2.45, 2.75) is 25.6 Å². The van der Waals surface area contributed by atoms with E-state index in [9.17, 15) is 8.42 Å². The van der Waals surface area contributed by atoms with Gasteiger partial charge in [0.15, 0.2) is 0 Å². The second-order valence-corrected chi connectivity index (χ2v) is 6.42. The van der Waals surface area contributed by atoms with Crippen molar-refractivity contribution in [1.82, 2.24) is 5.16 Å². The Kier molecular flexibility index (Phi) is 4.10. The van der Waals surface area contributed by atoms with Crippen molar-refractivity contribution in [2.75, 3.05) is 4.72 Å². The van der Waals surface area contributed by atoms with Gasteiger partial charge in [-0.05, 0) is 31.5 Å². The largest absolute Gasteiger partial charge is 0.361 e. The molecule has 20 heavy (non-hydrogen) atoms. The van der Waals surface area contributed by atoms with Gasteiger partial charge in [0.05, 0.1) is 0 Å². The third-order valence-electron chi connectivity index (χ3n) is 2.72. The highest BCUT2D eigenvalue weighted by Gasteiger charge is 2.14. The van der Waals surface area contributed by atoms with Crippen LogP contribution in [0.1, 0.15) is 30.0 Å². The van der Waals surface area contributed by atoms with Gasteiger partial charge in [-0.2, -0.15) is 0 Å². The normalized spacial score (nSPS) is 13.2. The van der Waals surface area contributed by atoms with Crippen LogP contribution in [0.3, 0.4) is 0 Å². The molecule has 3 N–H and O–H groups in total. The maximum Gasteiger partial charge on any atom is 0.238 e. The summed E-state index contributed by atoms with van der Waals surface area (Å²) in [5.41, 5.74) is 7.55. The van der Waals surface area contributed by atoms with Crippen LogP contribution in [-0.2, 0) is 15.8 Å². The summed E-state index contributed by atoms with van der Waals surface area (Å²) in [7, 11) is -3.51. The van der Waals surface area contributed by atoms with Gasteiger partial charge in [-0.1, -0.05) is 17.3 Å². The Morgan fingerprint density at radius 1 is 1.35 bits per heavy atom. The Morgan fingerprint density at radius 2 is 2.00 bits per heavy atom. The molecule has 1 aromatic carbocycles. The maximum atomic E-state index is 12.0. The first kappa shape index (κ1) is 14.5. The molecule has 1 atom stereocenters. The molecule has 0 amide bonds. The van der Waals surface area contributed by atoms with Gasteiger partial charge in [0.1, 0.15) is 17.2 Å². The van der Waals surface area contributed by atoms with E-state index in [1.165, 1.54) is 0 Å². The van der Waals surface area contributed by atoms with Crippen molar-refractivity contribution in [3.05, 3.63) is 47.3 Å². The summed E-state index contributed by atoms with van der Waals surface area (Å²) in [5, 5.41) is 3.67. The number of anilines is 1.